The summed E-state index contributed by atoms with van der Waals surface area (Å²) < 4.78 is 41.0. The lowest BCUT2D eigenvalue weighted by molar-refractivity contribution is -0.138. The quantitative estimate of drug-likeness (QED) is 0.614. The summed E-state index contributed by atoms with van der Waals surface area (Å²) in [6.07, 6.45) is 4.42. The van der Waals surface area contributed by atoms with Crippen LogP contribution in [0.15, 0.2) is 0 Å². The van der Waals surface area contributed by atoms with Gasteiger partial charge in [0.2, 0.25) is 5.91 Å². The molecule has 9 heteroatoms. The number of carbonyl (C=O) groups excluding carboxylic acids is 1. The van der Waals surface area contributed by atoms with Crippen LogP contribution >= 0.6 is 0 Å². The van der Waals surface area contributed by atoms with E-state index in [1.54, 1.807) is 4.90 Å². The summed E-state index contributed by atoms with van der Waals surface area (Å²) in [5.41, 5.74) is 0. The summed E-state index contributed by atoms with van der Waals surface area (Å²) >= 11 is 0. The zero-order chi connectivity index (χ0) is 19.6. The molecule has 0 aromatic heterocycles. The van der Waals surface area contributed by atoms with Gasteiger partial charge in [0.05, 0.1) is 37.4 Å². The normalized spacial score (nSPS) is 34.1. The molecular formula is C19H32N2O6S. The maximum absolute atomic E-state index is 13.2. The fraction of sp³-hybridized carbons (Fsp3) is 0.947. The van der Waals surface area contributed by atoms with Crippen LogP contribution in [-0.2, 0) is 28.8 Å². The molecule has 4 aliphatic rings. The molecule has 4 saturated heterocycles. The lowest BCUT2D eigenvalue weighted by atomic mass is 9.97. The first-order chi connectivity index (χ1) is 13.5. The molecule has 160 valence electrons. The Balaban J connectivity index is 1.38. The number of sulfone groups is 1. The van der Waals surface area contributed by atoms with Gasteiger partial charge in [-0.05, 0) is 38.6 Å². The number of carbonyl (C=O) groups is 1. The zero-order valence-corrected chi connectivity index (χ0v) is 17.3. The second-order valence-corrected chi connectivity index (χ2v) is 10.7. The Morgan fingerprint density at radius 1 is 1.04 bits per heavy atom. The van der Waals surface area contributed by atoms with Crippen molar-refractivity contribution in [3.63, 3.8) is 0 Å². The zero-order valence-electron chi connectivity index (χ0n) is 16.5. The van der Waals surface area contributed by atoms with Crippen molar-refractivity contribution in [2.45, 2.75) is 50.5 Å². The Hall–Kier alpha value is -0.740. The Labute approximate surface area is 167 Å². The molecule has 0 aromatic rings. The van der Waals surface area contributed by atoms with Crippen molar-refractivity contribution in [1.29, 1.82) is 0 Å². The number of ether oxygens (including phenoxy) is 3. The van der Waals surface area contributed by atoms with Crippen LogP contribution in [-0.4, -0.2) is 100 Å². The second-order valence-electron chi connectivity index (χ2n) is 8.49. The number of rotatable bonds is 6. The molecule has 1 amide bonds. The van der Waals surface area contributed by atoms with Gasteiger partial charge in [-0.25, -0.2) is 8.42 Å². The molecule has 3 atom stereocenters. The van der Waals surface area contributed by atoms with Gasteiger partial charge in [0.15, 0.2) is 16.1 Å². The number of hydrogen-bond acceptors (Lipinski definition) is 7. The van der Waals surface area contributed by atoms with E-state index in [4.69, 9.17) is 14.2 Å². The highest BCUT2D eigenvalue weighted by Gasteiger charge is 2.38. The van der Waals surface area contributed by atoms with Crippen LogP contribution in [0.1, 0.15) is 32.1 Å². The molecular weight excluding hydrogens is 384 g/mol. The lowest BCUT2D eigenvalue weighted by Crippen LogP contribution is -2.51. The lowest BCUT2D eigenvalue weighted by Gasteiger charge is -2.37. The number of likely N-dealkylation sites (tertiary alicyclic amines) is 1. The van der Waals surface area contributed by atoms with Crippen LogP contribution in [0.2, 0.25) is 0 Å². The summed E-state index contributed by atoms with van der Waals surface area (Å²) in [4.78, 5) is 17.2. The van der Waals surface area contributed by atoms with Gasteiger partial charge < -0.3 is 19.1 Å². The molecule has 0 spiro atoms. The molecule has 0 aliphatic carbocycles. The molecule has 3 unspecified atom stereocenters. The Morgan fingerprint density at radius 2 is 1.86 bits per heavy atom. The Bertz CT molecular complexity index is 645. The van der Waals surface area contributed by atoms with Crippen molar-refractivity contribution in [2.24, 2.45) is 5.92 Å². The molecule has 0 saturated carbocycles. The average Bonchev–Trinajstić information content (AvgIpc) is 3.42. The SMILES string of the molecule is O=C(CN1CCCC(C2OCCO2)C1)N(CC1CCCO1)C1CCS(=O)(=O)C1. The van der Waals surface area contributed by atoms with Crippen molar-refractivity contribution in [3.8, 4) is 0 Å². The van der Waals surface area contributed by atoms with Crippen molar-refractivity contribution in [1.82, 2.24) is 9.80 Å². The highest BCUT2D eigenvalue weighted by Crippen LogP contribution is 2.26. The van der Waals surface area contributed by atoms with E-state index in [9.17, 15) is 13.2 Å². The predicted octanol–water partition coefficient (Wildman–Crippen LogP) is 0.266. The third kappa shape index (κ3) is 5.05. The smallest absolute Gasteiger partial charge is 0.237 e. The van der Waals surface area contributed by atoms with Gasteiger partial charge in [-0.3, -0.25) is 9.69 Å². The minimum atomic E-state index is -3.04. The van der Waals surface area contributed by atoms with Gasteiger partial charge in [0.1, 0.15) is 0 Å². The van der Waals surface area contributed by atoms with Gasteiger partial charge in [0.25, 0.3) is 0 Å². The molecule has 4 fully saturated rings. The van der Waals surface area contributed by atoms with Crippen LogP contribution in [0.3, 0.4) is 0 Å². The molecule has 4 heterocycles. The molecule has 28 heavy (non-hydrogen) atoms. The van der Waals surface area contributed by atoms with Crippen LogP contribution < -0.4 is 0 Å². The minimum absolute atomic E-state index is 0.0199. The molecule has 4 aliphatic heterocycles. The number of nitrogens with zero attached hydrogens (tertiary/aromatic N) is 2. The summed E-state index contributed by atoms with van der Waals surface area (Å²) in [6, 6.07) is -0.219. The first-order valence-electron chi connectivity index (χ1n) is 10.6. The third-order valence-electron chi connectivity index (χ3n) is 6.33. The fourth-order valence-electron chi connectivity index (χ4n) is 4.87. The van der Waals surface area contributed by atoms with Gasteiger partial charge >= 0.3 is 0 Å². The van der Waals surface area contributed by atoms with Crippen molar-refractivity contribution in [3.05, 3.63) is 0 Å². The monoisotopic (exact) mass is 416 g/mol. The van der Waals surface area contributed by atoms with E-state index in [0.717, 1.165) is 45.4 Å². The number of piperidine rings is 1. The highest BCUT2D eigenvalue weighted by atomic mass is 32.2. The molecule has 8 nitrogen and oxygen atoms in total. The molecule has 0 aromatic carbocycles. The number of hydrogen-bond donors (Lipinski definition) is 0. The molecule has 4 rings (SSSR count). The highest BCUT2D eigenvalue weighted by molar-refractivity contribution is 7.91. The van der Waals surface area contributed by atoms with Crippen LogP contribution in [0, 0.1) is 5.92 Å². The van der Waals surface area contributed by atoms with Gasteiger partial charge in [0, 0.05) is 31.7 Å². The van der Waals surface area contributed by atoms with E-state index >= 15 is 0 Å². The summed E-state index contributed by atoms with van der Waals surface area (Å²) in [5.74, 6) is 0.571. The average molecular weight is 417 g/mol. The first kappa shape index (κ1) is 20.5. The molecule has 0 radical (unpaired) electrons. The number of amides is 1. The van der Waals surface area contributed by atoms with E-state index in [1.165, 1.54) is 0 Å². The maximum atomic E-state index is 13.2. The maximum Gasteiger partial charge on any atom is 0.237 e. The van der Waals surface area contributed by atoms with E-state index in [1.807, 2.05) is 0 Å². The van der Waals surface area contributed by atoms with E-state index in [2.05, 4.69) is 4.90 Å². The second kappa shape index (κ2) is 8.95. The summed E-state index contributed by atoms with van der Waals surface area (Å²) in [5, 5.41) is 0. The minimum Gasteiger partial charge on any atom is -0.376 e. The predicted molar refractivity (Wildman–Crippen MR) is 103 cm³/mol. The first-order valence-corrected chi connectivity index (χ1v) is 12.4. The van der Waals surface area contributed by atoms with E-state index in [0.29, 0.717) is 38.6 Å². The van der Waals surface area contributed by atoms with Gasteiger partial charge in [-0.15, -0.1) is 0 Å². The Morgan fingerprint density at radius 3 is 2.54 bits per heavy atom. The topological polar surface area (TPSA) is 85.4 Å². The molecule has 0 bridgehead atoms. The standard InChI is InChI=1S/C19H32N2O6S/c22-18(13-20-6-1-3-15(11-20)19-26-8-9-27-19)21(12-17-4-2-7-25-17)16-5-10-28(23,24)14-16/h15-17,19H,1-14H2. The van der Waals surface area contributed by atoms with Crippen molar-refractivity contribution in [2.75, 3.05) is 57.5 Å². The third-order valence-corrected chi connectivity index (χ3v) is 8.08. The fourth-order valence-corrected chi connectivity index (χ4v) is 6.60. The Kier molecular flexibility index (Phi) is 6.56. The van der Waals surface area contributed by atoms with Crippen LogP contribution in [0.4, 0.5) is 0 Å². The summed E-state index contributed by atoms with van der Waals surface area (Å²) in [7, 11) is -3.04. The van der Waals surface area contributed by atoms with Crippen LogP contribution in [0.5, 0.6) is 0 Å². The van der Waals surface area contributed by atoms with Gasteiger partial charge in [-0.2, -0.15) is 0 Å². The largest absolute Gasteiger partial charge is 0.376 e. The van der Waals surface area contributed by atoms with E-state index < -0.39 is 9.84 Å². The van der Waals surface area contributed by atoms with Gasteiger partial charge in [-0.1, -0.05) is 0 Å². The van der Waals surface area contributed by atoms with Crippen LogP contribution in [0.25, 0.3) is 0 Å². The molecule has 0 N–H and O–H groups in total. The van der Waals surface area contributed by atoms with E-state index in [-0.39, 0.29) is 35.8 Å². The van der Waals surface area contributed by atoms with Crippen molar-refractivity contribution >= 4 is 15.7 Å². The van der Waals surface area contributed by atoms with Crippen molar-refractivity contribution < 1.29 is 27.4 Å². The summed E-state index contributed by atoms with van der Waals surface area (Å²) in [6.45, 7) is 4.51.